The van der Waals surface area contributed by atoms with Crippen LogP contribution in [0.25, 0.3) is 0 Å². The fraction of sp³-hybridized carbons (Fsp3) is 0.0625. The van der Waals surface area contributed by atoms with Crippen LogP contribution in [-0.2, 0) is 6.54 Å². The number of aromatic nitrogens is 3. The van der Waals surface area contributed by atoms with Gasteiger partial charge in [0.05, 0.1) is 12.2 Å². The van der Waals surface area contributed by atoms with Crippen LogP contribution in [-0.4, -0.2) is 20.7 Å². The van der Waals surface area contributed by atoms with Gasteiger partial charge in [-0.25, -0.2) is 14.1 Å². The smallest absolute Gasteiger partial charge is 0.255 e. The van der Waals surface area contributed by atoms with Crippen LogP contribution in [0.3, 0.4) is 0 Å². The second kappa shape index (κ2) is 6.70. The van der Waals surface area contributed by atoms with Crippen LogP contribution in [0.2, 0.25) is 0 Å². The molecule has 0 fully saturated rings. The molecule has 1 amide bonds. The summed E-state index contributed by atoms with van der Waals surface area (Å²) in [6.45, 7) is 0.508. The van der Waals surface area contributed by atoms with Gasteiger partial charge in [0.2, 0.25) is 0 Å². The summed E-state index contributed by atoms with van der Waals surface area (Å²) in [5.74, 6) is -0.863. The first-order chi connectivity index (χ1) is 11.1. The van der Waals surface area contributed by atoms with Crippen LogP contribution >= 0.6 is 15.9 Å². The minimum Gasteiger partial charge on any atom is -0.319 e. The highest BCUT2D eigenvalue weighted by Crippen LogP contribution is 2.20. The molecule has 0 unspecified atom stereocenters. The van der Waals surface area contributed by atoms with Gasteiger partial charge in [-0.05, 0) is 35.9 Å². The van der Waals surface area contributed by atoms with Gasteiger partial charge in [-0.1, -0.05) is 28.1 Å². The molecule has 0 bridgehead atoms. The lowest BCUT2D eigenvalue weighted by Gasteiger charge is -2.08. The van der Waals surface area contributed by atoms with Gasteiger partial charge in [0.15, 0.2) is 0 Å². The number of nitrogens with zero attached hydrogens (tertiary/aromatic N) is 3. The number of halogens is 2. The molecule has 1 heterocycles. The summed E-state index contributed by atoms with van der Waals surface area (Å²) >= 11 is 3.18. The van der Waals surface area contributed by atoms with Crippen LogP contribution < -0.4 is 5.32 Å². The Morgan fingerprint density at radius 1 is 1.26 bits per heavy atom. The number of hydrogen-bond acceptors (Lipinski definition) is 3. The second-order valence-electron chi connectivity index (χ2n) is 4.87. The highest BCUT2D eigenvalue weighted by molar-refractivity contribution is 9.10. The average Bonchev–Trinajstić information content (AvgIpc) is 3.03. The van der Waals surface area contributed by atoms with E-state index in [0.29, 0.717) is 16.6 Å². The van der Waals surface area contributed by atoms with E-state index in [1.807, 2.05) is 6.07 Å². The molecule has 0 saturated carbocycles. The van der Waals surface area contributed by atoms with Gasteiger partial charge in [-0.2, -0.15) is 5.10 Å². The Balaban J connectivity index is 1.77. The molecular formula is C16H12BrFN4O. The number of carbonyl (C=O) groups excluding carboxylic acids is 1. The Hall–Kier alpha value is -2.54. The predicted octanol–water partition coefficient (Wildman–Crippen LogP) is 3.48. The predicted molar refractivity (Wildman–Crippen MR) is 87.6 cm³/mol. The van der Waals surface area contributed by atoms with Crippen molar-refractivity contribution >= 4 is 27.5 Å². The van der Waals surface area contributed by atoms with E-state index in [2.05, 4.69) is 31.3 Å². The monoisotopic (exact) mass is 374 g/mol. The van der Waals surface area contributed by atoms with Gasteiger partial charge < -0.3 is 5.32 Å². The molecule has 0 aliphatic carbocycles. The molecule has 0 radical (unpaired) electrons. The molecule has 0 aliphatic heterocycles. The first kappa shape index (κ1) is 15.4. The van der Waals surface area contributed by atoms with Crippen molar-refractivity contribution in [1.82, 2.24) is 14.8 Å². The third-order valence-electron chi connectivity index (χ3n) is 3.18. The van der Waals surface area contributed by atoms with Gasteiger partial charge in [0, 0.05) is 10.0 Å². The molecule has 3 rings (SSSR count). The molecule has 23 heavy (non-hydrogen) atoms. The lowest BCUT2D eigenvalue weighted by atomic mass is 10.1. The molecule has 1 aromatic heterocycles. The van der Waals surface area contributed by atoms with Crippen LogP contribution in [0, 0.1) is 5.82 Å². The van der Waals surface area contributed by atoms with E-state index in [-0.39, 0.29) is 11.6 Å². The lowest BCUT2D eigenvalue weighted by Crippen LogP contribution is -2.13. The summed E-state index contributed by atoms with van der Waals surface area (Å²) in [4.78, 5) is 16.2. The molecule has 2 aromatic carbocycles. The number of hydrogen-bond donors (Lipinski definition) is 1. The lowest BCUT2D eigenvalue weighted by molar-refractivity contribution is 0.102. The molecule has 0 atom stereocenters. The maximum Gasteiger partial charge on any atom is 0.255 e. The molecule has 7 heteroatoms. The van der Waals surface area contributed by atoms with Gasteiger partial charge in [-0.15, -0.1) is 0 Å². The topological polar surface area (TPSA) is 59.8 Å². The van der Waals surface area contributed by atoms with E-state index in [1.54, 1.807) is 35.3 Å². The maximum atomic E-state index is 13.8. The summed E-state index contributed by atoms with van der Waals surface area (Å²) in [6.07, 6.45) is 3.05. The minimum atomic E-state index is -0.494. The fourth-order valence-corrected chi connectivity index (χ4v) is 2.43. The number of carbonyl (C=O) groups is 1. The molecule has 116 valence electrons. The van der Waals surface area contributed by atoms with Crippen molar-refractivity contribution in [3.8, 4) is 0 Å². The fourth-order valence-electron chi connectivity index (χ4n) is 2.10. The Labute approximate surface area is 140 Å². The Bertz CT molecular complexity index is 836. The third kappa shape index (κ3) is 3.81. The Morgan fingerprint density at radius 3 is 2.87 bits per heavy atom. The van der Waals surface area contributed by atoms with E-state index in [0.717, 1.165) is 5.56 Å². The Morgan fingerprint density at radius 2 is 2.13 bits per heavy atom. The molecule has 5 nitrogen and oxygen atoms in total. The van der Waals surface area contributed by atoms with Crippen molar-refractivity contribution in [2.75, 3.05) is 5.32 Å². The molecule has 0 aliphatic rings. The van der Waals surface area contributed by atoms with Crippen molar-refractivity contribution in [3.05, 3.63) is 76.5 Å². The van der Waals surface area contributed by atoms with Crippen molar-refractivity contribution in [2.45, 2.75) is 6.54 Å². The van der Waals surface area contributed by atoms with E-state index in [1.165, 1.54) is 18.5 Å². The van der Waals surface area contributed by atoms with E-state index in [9.17, 15) is 9.18 Å². The second-order valence-corrected chi connectivity index (χ2v) is 5.79. The number of rotatable bonds is 4. The zero-order valence-electron chi connectivity index (χ0n) is 11.9. The normalized spacial score (nSPS) is 10.5. The first-order valence-corrected chi connectivity index (χ1v) is 7.59. The number of benzene rings is 2. The van der Waals surface area contributed by atoms with Crippen molar-refractivity contribution in [1.29, 1.82) is 0 Å². The summed E-state index contributed by atoms with van der Waals surface area (Å²) < 4.78 is 16.1. The van der Waals surface area contributed by atoms with Crippen LogP contribution in [0.5, 0.6) is 0 Å². The standard InChI is InChI=1S/C16H12BrFN4O/c17-13-4-5-15(14(18)7-13)21-16(23)12-3-1-2-11(6-12)8-22-10-19-9-20-22/h1-7,9-10H,8H2,(H,21,23). The van der Waals surface area contributed by atoms with Gasteiger partial charge >= 0.3 is 0 Å². The van der Waals surface area contributed by atoms with E-state index >= 15 is 0 Å². The summed E-state index contributed by atoms with van der Waals surface area (Å²) in [5.41, 5.74) is 1.49. The largest absolute Gasteiger partial charge is 0.319 e. The number of anilines is 1. The number of nitrogens with one attached hydrogen (secondary N) is 1. The van der Waals surface area contributed by atoms with E-state index < -0.39 is 5.82 Å². The summed E-state index contributed by atoms with van der Waals surface area (Å²) in [5, 5.41) is 6.59. The quantitative estimate of drug-likeness (QED) is 0.760. The average molecular weight is 375 g/mol. The van der Waals surface area contributed by atoms with Crippen molar-refractivity contribution < 1.29 is 9.18 Å². The summed E-state index contributed by atoms with van der Waals surface area (Å²) in [7, 11) is 0. The maximum absolute atomic E-state index is 13.8. The highest BCUT2D eigenvalue weighted by Gasteiger charge is 2.10. The molecule has 3 aromatic rings. The Kier molecular flexibility index (Phi) is 4.47. The number of amides is 1. The zero-order chi connectivity index (χ0) is 16.2. The molecule has 0 spiro atoms. The third-order valence-corrected chi connectivity index (χ3v) is 3.67. The molecular weight excluding hydrogens is 363 g/mol. The molecule has 0 saturated heterocycles. The van der Waals surface area contributed by atoms with Crippen molar-refractivity contribution in [3.63, 3.8) is 0 Å². The van der Waals surface area contributed by atoms with Crippen LogP contribution in [0.15, 0.2) is 59.6 Å². The van der Waals surface area contributed by atoms with Crippen LogP contribution in [0.1, 0.15) is 15.9 Å². The minimum absolute atomic E-state index is 0.139. The van der Waals surface area contributed by atoms with Gasteiger partial charge in [0.25, 0.3) is 5.91 Å². The zero-order valence-corrected chi connectivity index (χ0v) is 13.5. The summed E-state index contributed by atoms with van der Waals surface area (Å²) in [6, 6.07) is 11.6. The van der Waals surface area contributed by atoms with Gasteiger partial charge in [-0.3, -0.25) is 4.79 Å². The first-order valence-electron chi connectivity index (χ1n) is 6.79. The highest BCUT2D eigenvalue weighted by atomic mass is 79.9. The SMILES string of the molecule is O=C(Nc1ccc(Br)cc1F)c1cccc(Cn2cncn2)c1. The molecule has 1 N–H and O–H groups in total. The van der Waals surface area contributed by atoms with E-state index in [4.69, 9.17) is 0 Å². The van der Waals surface area contributed by atoms with Gasteiger partial charge in [0.1, 0.15) is 18.5 Å². The van der Waals surface area contributed by atoms with Crippen LogP contribution in [0.4, 0.5) is 10.1 Å². The van der Waals surface area contributed by atoms with Crippen molar-refractivity contribution in [2.24, 2.45) is 0 Å².